The van der Waals surface area contributed by atoms with Gasteiger partial charge in [-0.05, 0) is 40.2 Å². The molecule has 4 nitrogen and oxygen atoms in total. The summed E-state index contributed by atoms with van der Waals surface area (Å²) in [7, 11) is 1.60. The van der Waals surface area contributed by atoms with E-state index in [1.54, 1.807) is 19.2 Å². The molecule has 2 rings (SSSR count). The summed E-state index contributed by atoms with van der Waals surface area (Å²) in [6.45, 7) is 0. The summed E-state index contributed by atoms with van der Waals surface area (Å²) in [6, 6.07) is 9.18. The first-order valence-electron chi connectivity index (χ1n) is 4.45. The smallest absolute Gasteiger partial charge is 0.228 e. The van der Waals surface area contributed by atoms with Crippen LogP contribution in [-0.4, -0.2) is 12.1 Å². The van der Waals surface area contributed by atoms with Crippen molar-refractivity contribution in [3.05, 3.63) is 34.6 Å². The Kier molecular flexibility index (Phi) is 2.93. The first-order chi connectivity index (χ1) is 7.74. The lowest BCUT2D eigenvalue weighted by Gasteiger charge is -1.99. The van der Waals surface area contributed by atoms with E-state index in [9.17, 15) is 0 Å². The van der Waals surface area contributed by atoms with Crippen LogP contribution in [0.4, 0.5) is 0 Å². The predicted octanol–water partition coefficient (Wildman–Crippen LogP) is 2.98. The lowest BCUT2D eigenvalue weighted by atomic mass is 10.2. The number of rotatable bonds is 2. The summed E-state index contributed by atoms with van der Waals surface area (Å²) in [5, 5.41) is 8.74. The molecule has 5 heteroatoms. The number of oxazole rings is 1. The van der Waals surface area contributed by atoms with Gasteiger partial charge in [-0.1, -0.05) is 0 Å². The summed E-state index contributed by atoms with van der Waals surface area (Å²) in [6.07, 6.45) is 0. The second-order valence-corrected chi connectivity index (χ2v) is 3.70. The summed E-state index contributed by atoms with van der Waals surface area (Å²) < 4.78 is 10.7. The number of benzene rings is 1. The average molecular weight is 279 g/mol. The molecule has 0 spiro atoms. The molecule has 2 aromatic rings. The van der Waals surface area contributed by atoms with E-state index < -0.39 is 0 Å². The van der Waals surface area contributed by atoms with E-state index in [4.69, 9.17) is 14.4 Å². The Morgan fingerprint density at radius 1 is 1.38 bits per heavy atom. The summed E-state index contributed by atoms with van der Waals surface area (Å²) >= 11 is 3.13. The van der Waals surface area contributed by atoms with Crippen LogP contribution in [0.25, 0.3) is 11.5 Å². The predicted molar refractivity (Wildman–Crippen MR) is 60.9 cm³/mol. The minimum atomic E-state index is 0.241. The van der Waals surface area contributed by atoms with Gasteiger partial charge in [-0.3, -0.25) is 0 Å². The molecule has 0 unspecified atom stereocenters. The third-order valence-electron chi connectivity index (χ3n) is 2.03. The third kappa shape index (κ3) is 1.92. The second kappa shape index (κ2) is 4.37. The first kappa shape index (κ1) is 10.7. The number of hydrogen-bond acceptors (Lipinski definition) is 4. The van der Waals surface area contributed by atoms with Gasteiger partial charge in [0.25, 0.3) is 0 Å². The molecule has 0 aliphatic heterocycles. The molecular weight excluding hydrogens is 272 g/mol. The number of ether oxygens (including phenoxy) is 1. The van der Waals surface area contributed by atoms with Gasteiger partial charge < -0.3 is 9.15 Å². The Balaban J connectivity index is 2.39. The Morgan fingerprint density at radius 3 is 2.56 bits per heavy atom. The molecule has 16 heavy (non-hydrogen) atoms. The van der Waals surface area contributed by atoms with E-state index in [1.807, 2.05) is 18.2 Å². The fourth-order valence-corrected chi connectivity index (χ4v) is 1.56. The quantitative estimate of drug-likeness (QED) is 0.847. The minimum Gasteiger partial charge on any atom is -0.497 e. The number of nitrogens with zero attached hydrogens (tertiary/aromatic N) is 2. The average Bonchev–Trinajstić information content (AvgIpc) is 2.71. The van der Waals surface area contributed by atoms with E-state index in [-0.39, 0.29) is 5.69 Å². The molecule has 0 aliphatic rings. The molecule has 0 aliphatic carbocycles. The Labute approximate surface area is 101 Å². The monoisotopic (exact) mass is 278 g/mol. The van der Waals surface area contributed by atoms with E-state index in [0.29, 0.717) is 10.6 Å². The fraction of sp³-hybridized carbons (Fsp3) is 0.0909. The zero-order chi connectivity index (χ0) is 11.5. The lowest BCUT2D eigenvalue weighted by molar-refractivity contribution is 0.415. The Hall–Kier alpha value is -1.80. The van der Waals surface area contributed by atoms with Crippen molar-refractivity contribution in [3.8, 4) is 23.3 Å². The maximum absolute atomic E-state index is 8.74. The van der Waals surface area contributed by atoms with Crippen molar-refractivity contribution in [2.24, 2.45) is 0 Å². The largest absolute Gasteiger partial charge is 0.497 e. The highest BCUT2D eigenvalue weighted by molar-refractivity contribution is 9.10. The van der Waals surface area contributed by atoms with Crippen molar-refractivity contribution in [1.29, 1.82) is 5.26 Å². The third-order valence-corrected chi connectivity index (χ3v) is 2.57. The normalized spacial score (nSPS) is 9.81. The van der Waals surface area contributed by atoms with Gasteiger partial charge in [-0.25, -0.2) is 0 Å². The SMILES string of the molecule is COc1ccc(-c2nc(C#N)c(Br)o2)cc1. The summed E-state index contributed by atoms with van der Waals surface area (Å²) in [5.74, 6) is 1.17. The van der Waals surface area contributed by atoms with Crippen LogP contribution in [-0.2, 0) is 0 Å². The molecule has 0 saturated carbocycles. The summed E-state index contributed by atoms with van der Waals surface area (Å²) in [4.78, 5) is 4.04. The van der Waals surface area contributed by atoms with Crippen LogP contribution in [0.1, 0.15) is 5.69 Å². The lowest BCUT2D eigenvalue weighted by Crippen LogP contribution is -1.83. The Bertz CT molecular complexity index is 540. The standard InChI is InChI=1S/C11H7BrN2O2/c1-15-8-4-2-7(3-5-8)11-14-9(6-13)10(12)16-11/h2-5H,1H3. The van der Waals surface area contributed by atoms with Crippen LogP contribution in [0.2, 0.25) is 0 Å². The number of methoxy groups -OCH3 is 1. The fourth-order valence-electron chi connectivity index (χ4n) is 1.23. The van der Waals surface area contributed by atoms with E-state index in [0.717, 1.165) is 11.3 Å². The topological polar surface area (TPSA) is 59.0 Å². The van der Waals surface area contributed by atoms with E-state index in [2.05, 4.69) is 20.9 Å². The number of aromatic nitrogens is 1. The molecule has 0 bridgehead atoms. The molecule has 1 heterocycles. The van der Waals surface area contributed by atoms with Crippen LogP contribution >= 0.6 is 15.9 Å². The Morgan fingerprint density at radius 2 is 2.06 bits per heavy atom. The zero-order valence-corrected chi connectivity index (χ0v) is 9.98. The van der Waals surface area contributed by atoms with E-state index in [1.165, 1.54) is 0 Å². The van der Waals surface area contributed by atoms with Crippen LogP contribution in [0.3, 0.4) is 0 Å². The molecule has 0 radical (unpaired) electrons. The molecule has 0 atom stereocenters. The minimum absolute atomic E-state index is 0.241. The van der Waals surface area contributed by atoms with Crippen LogP contribution in [0.15, 0.2) is 33.4 Å². The zero-order valence-electron chi connectivity index (χ0n) is 8.40. The van der Waals surface area contributed by atoms with Crippen molar-refractivity contribution in [1.82, 2.24) is 4.98 Å². The molecule has 0 N–H and O–H groups in total. The van der Waals surface area contributed by atoms with Crippen molar-refractivity contribution < 1.29 is 9.15 Å². The second-order valence-electron chi connectivity index (χ2n) is 2.98. The highest BCUT2D eigenvalue weighted by Crippen LogP contribution is 2.26. The van der Waals surface area contributed by atoms with Gasteiger partial charge in [0.1, 0.15) is 11.8 Å². The van der Waals surface area contributed by atoms with Gasteiger partial charge in [0.05, 0.1) is 7.11 Å². The molecule has 1 aromatic heterocycles. The molecule has 1 aromatic carbocycles. The molecule has 0 saturated heterocycles. The van der Waals surface area contributed by atoms with Gasteiger partial charge in [0.15, 0.2) is 5.69 Å². The van der Waals surface area contributed by atoms with Crippen LogP contribution in [0.5, 0.6) is 5.75 Å². The molecular formula is C11H7BrN2O2. The maximum Gasteiger partial charge on any atom is 0.228 e. The van der Waals surface area contributed by atoms with Crippen molar-refractivity contribution in [2.45, 2.75) is 0 Å². The van der Waals surface area contributed by atoms with Gasteiger partial charge in [0, 0.05) is 5.56 Å². The van der Waals surface area contributed by atoms with Gasteiger partial charge in [-0.2, -0.15) is 10.2 Å². The van der Waals surface area contributed by atoms with Gasteiger partial charge in [0.2, 0.25) is 10.6 Å². The molecule has 0 fully saturated rings. The van der Waals surface area contributed by atoms with Crippen molar-refractivity contribution in [3.63, 3.8) is 0 Å². The summed E-state index contributed by atoms with van der Waals surface area (Å²) in [5.41, 5.74) is 1.04. The van der Waals surface area contributed by atoms with Crippen molar-refractivity contribution >= 4 is 15.9 Å². The first-order valence-corrected chi connectivity index (χ1v) is 5.24. The molecule has 0 amide bonds. The van der Waals surface area contributed by atoms with Crippen LogP contribution < -0.4 is 4.74 Å². The van der Waals surface area contributed by atoms with Crippen LogP contribution in [0, 0.1) is 11.3 Å². The van der Waals surface area contributed by atoms with Gasteiger partial charge >= 0.3 is 0 Å². The number of hydrogen-bond donors (Lipinski definition) is 0. The highest BCUT2D eigenvalue weighted by atomic mass is 79.9. The maximum atomic E-state index is 8.74. The number of halogens is 1. The highest BCUT2D eigenvalue weighted by Gasteiger charge is 2.11. The van der Waals surface area contributed by atoms with Crippen molar-refractivity contribution in [2.75, 3.05) is 7.11 Å². The number of nitriles is 1. The molecule has 80 valence electrons. The van der Waals surface area contributed by atoms with Gasteiger partial charge in [-0.15, -0.1) is 0 Å². The van der Waals surface area contributed by atoms with E-state index >= 15 is 0 Å².